The highest BCUT2D eigenvalue weighted by atomic mass is 16.2. The van der Waals surface area contributed by atoms with Gasteiger partial charge in [-0.3, -0.25) is 4.79 Å². The largest absolute Gasteiger partial charge is 0.345 e. The van der Waals surface area contributed by atoms with Crippen LogP contribution < -0.4 is 0 Å². The van der Waals surface area contributed by atoms with Crippen molar-refractivity contribution in [2.45, 2.75) is 18.9 Å². The molecule has 2 aromatic heterocycles. The predicted octanol–water partition coefficient (Wildman–Crippen LogP) is 4.00. The van der Waals surface area contributed by atoms with E-state index < -0.39 is 0 Å². The van der Waals surface area contributed by atoms with E-state index in [2.05, 4.69) is 15.0 Å². The van der Waals surface area contributed by atoms with E-state index in [-0.39, 0.29) is 11.9 Å². The molecule has 1 aliphatic heterocycles. The zero-order chi connectivity index (χ0) is 18.9. The summed E-state index contributed by atoms with van der Waals surface area (Å²) >= 11 is 0. The summed E-state index contributed by atoms with van der Waals surface area (Å²) in [5, 5.41) is 0. The molecule has 5 rings (SSSR count). The second-order valence-electron chi connectivity index (χ2n) is 6.96. The van der Waals surface area contributed by atoms with E-state index >= 15 is 0 Å². The molecule has 0 unspecified atom stereocenters. The van der Waals surface area contributed by atoms with Gasteiger partial charge in [0, 0.05) is 23.9 Å². The first-order valence-corrected chi connectivity index (χ1v) is 9.42. The Morgan fingerprint density at radius 1 is 1.07 bits per heavy atom. The number of hydrogen-bond acceptors (Lipinski definition) is 4. The van der Waals surface area contributed by atoms with Gasteiger partial charge in [-0.2, -0.15) is 0 Å². The number of carbonyl (C=O) groups excluding carboxylic acids is 1. The summed E-state index contributed by atoms with van der Waals surface area (Å²) in [7, 11) is 0. The highest BCUT2D eigenvalue weighted by Crippen LogP contribution is 2.33. The van der Waals surface area contributed by atoms with Crippen molar-refractivity contribution in [3.05, 3.63) is 78.4 Å². The zero-order valence-electron chi connectivity index (χ0n) is 15.2. The van der Waals surface area contributed by atoms with Crippen LogP contribution in [0.4, 0.5) is 0 Å². The van der Waals surface area contributed by atoms with E-state index in [1.165, 1.54) is 0 Å². The number of hydrogen-bond donors (Lipinski definition) is 1. The Balaban J connectivity index is 1.46. The quantitative estimate of drug-likeness (QED) is 0.592. The van der Waals surface area contributed by atoms with Crippen molar-refractivity contribution < 1.29 is 4.79 Å². The molecule has 2 aromatic carbocycles. The Kier molecular flexibility index (Phi) is 4.09. The van der Waals surface area contributed by atoms with E-state index in [1.54, 1.807) is 12.5 Å². The lowest BCUT2D eigenvalue weighted by molar-refractivity contribution is 0.0733. The Morgan fingerprint density at radius 3 is 2.86 bits per heavy atom. The van der Waals surface area contributed by atoms with Crippen LogP contribution in [0, 0.1) is 0 Å². The lowest BCUT2D eigenvalue weighted by atomic mass is 10.1. The first-order valence-electron chi connectivity index (χ1n) is 9.42. The SMILES string of the molecule is O=C(c1ccc2nc[nH]c2c1)N1CCC[C@@H]1c1ccnc(-c2ccccc2)n1. The molecule has 1 atom stereocenters. The van der Waals surface area contributed by atoms with Gasteiger partial charge in [0.25, 0.3) is 5.91 Å². The minimum atomic E-state index is -0.0320. The fraction of sp³-hybridized carbons (Fsp3) is 0.182. The Morgan fingerprint density at radius 2 is 1.96 bits per heavy atom. The zero-order valence-corrected chi connectivity index (χ0v) is 15.2. The number of aromatic nitrogens is 4. The van der Waals surface area contributed by atoms with Gasteiger partial charge in [-0.05, 0) is 37.1 Å². The van der Waals surface area contributed by atoms with Crippen molar-refractivity contribution in [3.63, 3.8) is 0 Å². The first kappa shape index (κ1) is 16.6. The number of aromatic amines is 1. The molecule has 1 fully saturated rings. The Bertz CT molecular complexity index is 1140. The molecule has 3 heterocycles. The normalized spacial score (nSPS) is 16.6. The van der Waals surface area contributed by atoms with Crippen molar-refractivity contribution in [1.82, 2.24) is 24.8 Å². The monoisotopic (exact) mass is 369 g/mol. The standard InChI is InChI=1S/C22H19N5O/c28-22(16-8-9-17-19(13-16)25-14-24-17)27-12-4-7-20(27)18-10-11-23-21(26-18)15-5-2-1-3-6-15/h1-3,5-6,8-11,13-14,20H,4,7,12H2,(H,24,25)/t20-/m1/s1. The lowest BCUT2D eigenvalue weighted by Gasteiger charge is -2.24. The number of fused-ring (bicyclic) bond motifs is 1. The van der Waals surface area contributed by atoms with Gasteiger partial charge >= 0.3 is 0 Å². The van der Waals surface area contributed by atoms with Gasteiger partial charge in [-0.25, -0.2) is 15.0 Å². The molecular weight excluding hydrogens is 350 g/mol. The van der Waals surface area contributed by atoms with Gasteiger partial charge in [0.05, 0.1) is 29.1 Å². The number of carbonyl (C=O) groups is 1. The molecule has 6 nitrogen and oxygen atoms in total. The molecule has 1 saturated heterocycles. The van der Waals surface area contributed by atoms with Crippen molar-refractivity contribution in [2.24, 2.45) is 0 Å². The van der Waals surface area contributed by atoms with Gasteiger partial charge in [-0.15, -0.1) is 0 Å². The topological polar surface area (TPSA) is 74.8 Å². The Labute approximate surface area is 162 Å². The summed E-state index contributed by atoms with van der Waals surface area (Å²) in [5.41, 5.74) is 4.26. The fourth-order valence-electron chi connectivity index (χ4n) is 3.84. The van der Waals surface area contributed by atoms with Crippen LogP contribution >= 0.6 is 0 Å². The van der Waals surface area contributed by atoms with Crippen molar-refractivity contribution in [3.8, 4) is 11.4 Å². The van der Waals surface area contributed by atoms with Crippen LogP contribution in [0.1, 0.15) is 34.9 Å². The summed E-state index contributed by atoms with van der Waals surface area (Å²) < 4.78 is 0. The second kappa shape index (κ2) is 6.88. The third kappa shape index (κ3) is 2.93. The maximum Gasteiger partial charge on any atom is 0.254 e. The molecule has 0 radical (unpaired) electrons. The maximum atomic E-state index is 13.2. The van der Waals surface area contributed by atoms with Gasteiger partial charge in [-0.1, -0.05) is 30.3 Å². The van der Waals surface area contributed by atoms with E-state index in [9.17, 15) is 4.79 Å². The van der Waals surface area contributed by atoms with Crippen LogP contribution in [0.2, 0.25) is 0 Å². The predicted molar refractivity (Wildman–Crippen MR) is 107 cm³/mol. The first-order chi connectivity index (χ1) is 13.8. The van der Waals surface area contributed by atoms with Crippen LogP contribution in [0.5, 0.6) is 0 Å². The second-order valence-corrected chi connectivity index (χ2v) is 6.96. The minimum absolute atomic E-state index is 0.0267. The molecule has 138 valence electrons. The molecule has 6 heteroatoms. The summed E-state index contributed by atoms with van der Waals surface area (Å²) in [4.78, 5) is 31.6. The van der Waals surface area contributed by atoms with Gasteiger partial charge in [0.2, 0.25) is 0 Å². The summed E-state index contributed by atoms with van der Waals surface area (Å²) in [6.07, 6.45) is 5.29. The Hall–Kier alpha value is -3.54. The fourth-order valence-corrected chi connectivity index (χ4v) is 3.84. The summed E-state index contributed by atoms with van der Waals surface area (Å²) in [6, 6.07) is 17.4. The summed E-state index contributed by atoms with van der Waals surface area (Å²) in [5.74, 6) is 0.718. The van der Waals surface area contributed by atoms with Gasteiger partial charge in [0.15, 0.2) is 5.82 Å². The van der Waals surface area contributed by atoms with E-state index in [0.29, 0.717) is 11.4 Å². The third-order valence-electron chi connectivity index (χ3n) is 5.23. The van der Waals surface area contributed by atoms with E-state index in [4.69, 9.17) is 4.98 Å². The molecule has 1 N–H and O–H groups in total. The lowest BCUT2D eigenvalue weighted by Crippen LogP contribution is -2.31. The van der Waals surface area contributed by atoms with E-state index in [0.717, 1.165) is 41.7 Å². The van der Waals surface area contributed by atoms with Gasteiger partial charge < -0.3 is 9.88 Å². The minimum Gasteiger partial charge on any atom is -0.345 e. The average molecular weight is 369 g/mol. The van der Waals surface area contributed by atoms with Crippen LogP contribution in [0.3, 0.4) is 0 Å². The number of amides is 1. The molecule has 0 bridgehead atoms. The van der Waals surface area contributed by atoms with Crippen LogP contribution in [0.15, 0.2) is 67.1 Å². The molecule has 0 aliphatic carbocycles. The van der Waals surface area contributed by atoms with Crippen molar-refractivity contribution in [1.29, 1.82) is 0 Å². The number of likely N-dealkylation sites (tertiary alicyclic amines) is 1. The maximum absolute atomic E-state index is 13.2. The smallest absolute Gasteiger partial charge is 0.254 e. The average Bonchev–Trinajstić information content (AvgIpc) is 3.43. The summed E-state index contributed by atoms with van der Waals surface area (Å²) in [6.45, 7) is 0.731. The molecule has 1 aliphatic rings. The number of benzene rings is 2. The number of nitrogens with one attached hydrogen (secondary N) is 1. The molecule has 0 spiro atoms. The number of imidazole rings is 1. The van der Waals surface area contributed by atoms with Crippen LogP contribution in [-0.2, 0) is 0 Å². The van der Waals surface area contributed by atoms with Crippen LogP contribution in [-0.4, -0.2) is 37.3 Å². The molecular formula is C22H19N5O. The van der Waals surface area contributed by atoms with Crippen molar-refractivity contribution >= 4 is 16.9 Å². The molecule has 1 amide bonds. The number of rotatable bonds is 3. The highest BCUT2D eigenvalue weighted by Gasteiger charge is 2.32. The van der Waals surface area contributed by atoms with E-state index in [1.807, 2.05) is 59.5 Å². The molecule has 28 heavy (non-hydrogen) atoms. The van der Waals surface area contributed by atoms with Crippen molar-refractivity contribution in [2.75, 3.05) is 6.54 Å². The molecule has 4 aromatic rings. The number of H-pyrrole nitrogens is 1. The molecule has 0 saturated carbocycles. The highest BCUT2D eigenvalue weighted by molar-refractivity contribution is 5.97. The van der Waals surface area contributed by atoms with Crippen LogP contribution in [0.25, 0.3) is 22.4 Å². The third-order valence-corrected chi connectivity index (χ3v) is 5.23. The number of nitrogens with zero attached hydrogens (tertiary/aromatic N) is 4. The van der Waals surface area contributed by atoms with Gasteiger partial charge in [0.1, 0.15) is 0 Å².